The minimum absolute atomic E-state index is 0.146. The van der Waals surface area contributed by atoms with Crippen molar-refractivity contribution in [3.05, 3.63) is 58.6 Å². The number of rotatable bonds is 6. The summed E-state index contributed by atoms with van der Waals surface area (Å²) in [6.45, 7) is 0.284. The number of carbonyl (C=O) groups excluding carboxylic acids is 2. The summed E-state index contributed by atoms with van der Waals surface area (Å²) in [5, 5.41) is 0.528. The van der Waals surface area contributed by atoms with E-state index < -0.39 is 5.97 Å². The largest absolute Gasteiger partial charge is 0.497 e. The van der Waals surface area contributed by atoms with Crippen molar-refractivity contribution in [3.63, 3.8) is 0 Å². The van der Waals surface area contributed by atoms with Crippen LogP contribution in [0.1, 0.15) is 34.8 Å². The molecule has 0 N–H and O–H groups in total. The standard InChI is InChI=1S/C21H22ClNO5/c1-26-16-9-10-19(27-2)17(12-16)18-4-3-11-23(18)20(24)13-28-21(25)14-5-7-15(22)8-6-14/h5-10,12,18H,3-4,11,13H2,1-2H3/t18-/m0/s1. The summed E-state index contributed by atoms with van der Waals surface area (Å²) in [5.74, 6) is 0.599. The van der Waals surface area contributed by atoms with Crippen LogP contribution in [0, 0.1) is 0 Å². The normalized spacial score (nSPS) is 16.0. The van der Waals surface area contributed by atoms with E-state index in [2.05, 4.69) is 0 Å². The fourth-order valence-corrected chi connectivity index (χ4v) is 3.49. The van der Waals surface area contributed by atoms with Gasteiger partial charge in [0.2, 0.25) is 0 Å². The molecule has 0 spiro atoms. The molecule has 3 rings (SSSR count). The number of halogens is 1. The van der Waals surface area contributed by atoms with Gasteiger partial charge in [-0.3, -0.25) is 4.79 Å². The number of benzene rings is 2. The van der Waals surface area contributed by atoms with Crippen molar-refractivity contribution in [2.24, 2.45) is 0 Å². The van der Waals surface area contributed by atoms with E-state index in [1.54, 1.807) is 43.4 Å². The molecular formula is C21H22ClNO5. The molecule has 1 aliphatic heterocycles. The Hall–Kier alpha value is -2.73. The van der Waals surface area contributed by atoms with Crippen LogP contribution in [0.4, 0.5) is 0 Å². The van der Waals surface area contributed by atoms with E-state index in [4.69, 9.17) is 25.8 Å². The molecule has 28 heavy (non-hydrogen) atoms. The predicted octanol–water partition coefficient (Wildman–Crippen LogP) is 3.88. The smallest absolute Gasteiger partial charge is 0.338 e. The summed E-state index contributed by atoms with van der Waals surface area (Å²) in [5.41, 5.74) is 1.24. The molecule has 2 aromatic rings. The molecule has 0 aromatic heterocycles. The van der Waals surface area contributed by atoms with Crippen molar-refractivity contribution in [1.82, 2.24) is 4.90 Å². The highest BCUT2D eigenvalue weighted by molar-refractivity contribution is 6.30. The fourth-order valence-electron chi connectivity index (χ4n) is 3.37. The van der Waals surface area contributed by atoms with Crippen LogP contribution in [-0.4, -0.2) is 44.1 Å². The molecule has 6 nitrogen and oxygen atoms in total. The molecular weight excluding hydrogens is 382 g/mol. The lowest BCUT2D eigenvalue weighted by atomic mass is 10.0. The van der Waals surface area contributed by atoms with Crippen molar-refractivity contribution in [2.45, 2.75) is 18.9 Å². The lowest BCUT2D eigenvalue weighted by Gasteiger charge is -2.26. The van der Waals surface area contributed by atoms with E-state index in [0.717, 1.165) is 18.4 Å². The average molecular weight is 404 g/mol. The van der Waals surface area contributed by atoms with Crippen LogP contribution in [0.15, 0.2) is 42.5 Å². The summed E-state index contributed by atoms with van der Waals surface area (Å²) in [7, 11) is 3.19. The lowest BCUT2D eigenvalue weighted by Crippen LogP contribution is -2.34. The third-order valence-electron chi connectivity index (χ3n) is 4.78. The van der Waals surface area contributed by atoms with Gasteiger partial charge in [0, 0.05) is 17.1 Å². The summed E-state index contributed by atoms with van der Waals surface area (Å²) in [4.78, 5) is 26.6. The first kappa shape index (κ1) is 20.0. The van der Waals surface area contributed by atoms with Gasteiger partial charge < -0.3 is 19.1 Å². The van der Waals surface area contributed by atoms with Gasteiger partial charge in [-0.25, -0.2) is 4.79 Å². The van der Waals surface area contributed by atoms with Crippen LogP contribution < -0.4 is 9.47 Å². The third-order valence-corrected chi connectivity index (χ3v) is 5.03. The van der Waals surface area contributed by atoms with Gasteiger partial charge in [-0.2, -0.15) is 0 Å². The minimum atomic E-state index is -0.556. The molecule has 0 aliphatic carbocycles. The van der Waals surface area contributed by atoms with Crippen molar-refractivity contribution in [3.8, 4) is 11.5 Å². The van der Waals surface area contributed by atoms with Gasteiger partial charge in [0.05, 0.1) is 25.8 Å². The maximum Gasteiger partial charge on any atom is 0.338 e. The molecule has 1 aliphatic rings. The number of carbonyl (C=O) groups is 2. The Kier molecular flexibility index (Phi) is 6.41. The van der Waals surface area contributed by atoms with Gasteiger partial charge in [0.15, 0.2) is 6.61 Å². The molecule has 148 valence electrons. The number of nitrogens with zero attached hydrogens (tertiary/aromatic N) is 1. The van der Waals surface area contributed by atoms with Gasteiger partial charge in [-0.1, -0.05) is 11.6 Å². The van der Waals surface area contributed by atoms with Gasteiger partial charge >= 0.3 is 5.97 Å². The number of esters is 1. The summed E-state index contributed by atoms with van der Waals surface area (Å²) in [6, 6.07) is 11.7. The second-order valence-electron chi connectivity index (χ2n) is 6.44. The highest BCUT2D eigenvalue weighted by atomic mass is 35.5. The summed E-state index contributed by atoms with van der Waals surface area (Å²) >= 11 is 5.82. The van der Waals surface area contributed by atoms with Gasteiger partial charge in [0.25, 0.3) is 5.91 Å². The molecule has 7 heteroatoms. The zero-order valence-corrected chi connectivity index (χ0v) is 16.6. The summed E-state index contributed by atoms with van der Waals surface area (Å²) < 4.78 is 16.0. The van der Waals surface area contributed by atoms with Crippen LogP contribution in [-0.2, 0) is 9.53 Å². The van der Waals surface area contributed by atoms with Crippen molar-refractivity contribution >= 4 is 23.5 Å². The van der Waals surface area contributed by atoms with E-state index in [-0.39, 0.29) is 18.6 Å². The minimum Gasteiger partial charge on any atom is -0.497 e. The highest BCUT2D eigenvalue weighted by Gasteiger charge is 2.32. The number of hydrogen-bond donors (Lipinski definition) is 0. The number of ether oxygens (including phenoxy) is 3. The van der Waals surface area contributed by atoms with Gasteiger partial charge in [0.1, 0.15) is 11.5 Å². The van der Waals surface area contributed by atoms with Crippen molar-refractivity contribution < 1.29 is 23.8 Å². The number of amides is 1. The average Bonchev–Trinajstić information content (AvgIpc) is 3.21. The second-order valence-corrected chi connectivity index (χ2v) is 6.87. The number of likely N-dealkylation sites (tertiary alicyclic amines) is 1. The Bertz CT molecular complexity index is 852. The molecule has 1 heterocycles. The Balaban J connectivity index is 1.69. The van der Waals surface area contributed by atoms with Crippen molar-refractivity contribution in [2.75, 3.05) is 27.4 Å². The molecule has 0 bridgehead atoms. The zero-order chi connectivity index (χ0) is 20.1. The molecule has 0 radical (unpaired) electrons. The highest BCUT2D eigenvalue weighted by Crippen LogP contribution is 2.38. The molecule has 1 atom stereocenters. The Morgan fingerprint density at radius 2 is 1.86 bits per heavy atom. The quantitative estimate of drug-likeness (QED) is 0.685. The summed E-state index contributed by atoms with van der Waals surface area (Å²) in [6.07, 6.45) is 1.67. The molecule has 2 aromatic carbocycles. The predicted molar refractivity (Wildman–Crippen MR) is 105 cm³/mol. The fraction of sp³-hybridized carbons (Fsp3) is 0.333. The SMILES string of the molecule is COc1ccc(OC)c([C@@H]2CCCN2C(=O)COC(=O)c2ccc(Cl)cc2)c1. The maximum atomic E-state index is 12.7. The number of methoxy groups -OCH3 is 2. The van der Waals surface area contributed by atoms with Crippen LogP contribution >= 0.6 is 11.6 Å². The van der Waals surface area contributed by atoms with Gasteiger partial charge in [-0.05, 0) is 55.3 Å². The monoisotopic (exact) mass is 403 g/mol. The van der Waals surface area contributed by atoms with E-state index in [1.807, 2.05) is 18.2 Å². The zero-order valence-electron chi connectivity index (χ0n) is 15.8. The molecule has 1 fully saturated rings. The van der Waals surface area contributed by atoms with Crippen LogP contribution in [0.5, 0.6) is 11.5 Å². The third kappa shape index (κ3) is 4.39. The van der Waals surface area contributed by atoms with E-state index in [1.165, 1.54) is 0 Å². The Morgan fingerprint density at radius 1 is 1.11 bits per heavy atom. The molecule has 1 amide bonds. The Labute approximate surface area is 168 Å². The first-order valence-electron chi connectivity index (χ1n) is 8.97. The second kappa shape index (κ2) is 8.97. The lowest BCUT2D eigenvalue weighted by molar-refractivity contribution is -0.135. The first-order chi connectivity index (χ1) is 13.5. The van der Waals surface area contributed by atoms with Crippen molar-refractivity contribution in [1.29, 1.82) is 0 Å². The van der Waals surface area contributed by atoms with E-state index in [0.29, 0.717) is 28.6 Å². The first-order valence-corrected chi connectivity index (χ1v) is 9.35. The maximum absolute atomic E-state index is 12.7. The van der Waals surface area contributed by atoms with Gasteiger partial charge in [-0.15, -0.1) is 0 Å². The van der Waals surface area contributed by atoms with Crippen LogP contribution in [0.25, 0.3) is 0 Å². The number of hydrogen-bond acceptors (Lipinski definition) is 5. The molecule has 0 unspecified atom stereocenters. The topological polar surface area (TPSA) is 65.1 Å². The van der Waals surface area contributed by atoms with E-state index >= 15 is 0 Å². The van der Waals surface area contributed by atoms with Crippen LogP contribution in [0.3, 0.4) is 0 Å². The van der Waals surface area contributed by atoms with E-state index in [9.17, 15) is 9.59 Å². The Morgan fingerprint density at radius 3 is 2.54 bits per heavy atom. The van der Waals surface area contributed by atoms with Crippen LogP contribution in [0.2, 0.25) is 5.02 Å². The molecule has 1 saturated heterocycles. The molecule has 0 saturated carbocycles.